The van der Waals surface area contributed by atoms with E-state index in [0.717, 1.165) is 50.6 Å². The highest BCUT2D eigenvalue weighted by Gasteiger charge is 2.18. The number of hydrogen-bond donors (Lipinski definition) is 1. The van der Waals surface area contributed by atoms with Crippen LogP contribution < -0.4 is 10.6 Å². The van der Waals surface area contributed by atoms with E-state index in [2.05, 4.69) is 20.0 Å². The fraction of sp³-hybridized carbons (Fsp3) is 0.467. The Bertz CT molecular complexity index is 609. The van der Waals surface area contributed by atoms with Crippen LogP contribution in [0.15, 0.2) is 24.3 Å². The van der Waals surface area contributed by atoms with E-state index in [1.807, 2.05) is 12.1 Å². The van der Waals surface area contributed by atoms with Gasteiger partial charge in [0.05, 0.1) is 5.69 Å². The highest BCUT2D eigenvalue weighted by Crippen LogP contribution is 2.20. The lowest BCUT2D eigenvalue weighted by atomic mass is 10.2. The quantitative estimate of drug-likeness (QED) is 0.913. The van der Waals surface area contributed by atoms with Gasteiger partial charge in [0.2, 0.25) is 5.13 Å². The molecule has 1 aromatic carbocycles. The second-order valence-electron chi connectivity index (χ2n) is 5.42. The molecule has 0 atom stereocenters. The molecule has 5 nitrogen and oxygen atoms in total. The highest BCUT2D eigenvalue weighted by atomic mass is 32.1. The van der Waals surface area contributed by atoms with E-state index in [4.69, 9.17) is 5.73 Å². The molecule has 22 heavy (non-hydrogen) atoms. The third kappa shape index (κ3) is 3.72. The van der Waals surface area contributed by atoms with E-state index >= 15 is 0 Å². The number of aromatic nitrogens is 2. The van der Waals surface area contributed by atoms with Crippen LogP contribution in [0, 0.1) is 5.82 Å². The molecular formula is C15H20FN5S. The van der Waals surface area contributed by atoms with Gasteiger partial charge in [0.25, 0.3) is 0 Å². The normalized spacial score (nSPS) is 16.1. The number of para-hydroxylation sites is 1. The number of nitrogens with two attached hydrogens (primary N) is 1. The first-order chi connectivity index (χ1) is 10.7. The van der Waals surface area contributed by atoms with Gasteiger partial charge in [0, 0.05) is 32.6 Å². The van der Waals surface area contributed by atoms with Crippen LogP contribution in [-0.2, 0) is 6.42 Å². The zero-order valence-electron chi connectivity index (χ0n) is 12.4. The van der Waals surface area contributed by atoms with E-state index in [9.17, 15) is 4.39 Å². The zero-order valence-corrected chi connectivity index (χ0v) is 13.2. The Balaban J connectivity index is 1.43. The lowest BCUT2D eigenvalue weighted by molar-refractivity contribution is 0.254. The summed E-state index contributed by atoms with van der Waals surface area (Å²) in [5.74, 6) is -0.134. The van der Waals surface area contributed by atoms with Crippen LogP contribution in [0.2, 0.25) is 0 Å². The molecule has 1 aliphatic rings. The van der Waals surface area contributed by atoms with Crippen molar-refractivity contribution in [3.63, 3.8) is 0 Å². The smallest absolute Gasteiger partial charge is 0.203 e. The van der Waals surface area contributed by atoms with Crippen LogP contribution in [0.5, 0.6) is 0 Å². The minimum atomic E-state index is -0.134. The van der Waals surface area contributed by atoms with Crippen molar-refractivity contribution < 1.29 is 4.39 Å². The fourth-order valence-corrected chi connectivity index (χ4v) is 3.39. The van der Waals surface area contributed by atoms with E-state index in [1.165, 1.54) is 17.4 Å². The first kappa shape index (κ1) is 15.2. The SMILES string of the molecule is Nc1nnc(CCCN2CCN(c3ccccc3F)CC2)s1. The van der Waals surface area contributed by atoms with Gasteiger partial charge in [0.1, 0.15) is 10.8 Å². The largest absolute Gasteiger partial charge is 0.374 e. The predicted octanol–water partition coefficient (Wildman–Crippen LogP) is 2.01. The maximum absolute atomic E-state index is 13.8. The molecule has 0 bridgehead atoms. The number of benzene rings is 1. The summed E-state index contributed by atoms with van der Waals surface area (Å²) in [4.78, 5) is 4.54. The number of nitrogen functional groups attached to an aromatic ring is 1. The van der Waals surface area contributed by atoms with Crippen LogP contribution in [0.1, 0.15) is 11.4 Å². The predicted molar refractivity (Wildman–Crippen MR) is 87.7 cm³/mol. The van der Waals surface area contributed by atoms with Crippen molar-refractivity contribution in [3.05, 3.63) is 35.1 Å². The van der Waals surface area contributed by atoms with Gasteiger partial charge in [-0.3, -0.25) is 4.90 Å². The molecule has 0 saturated carbocycles. The average molecular weight is 321 g/mol. The van der Waals surface area contributed by atoms with E-state index in [1.54, 1.807) is 6.07 Å². The summed E-state index contributed by atoms with van der Waals surface area (Å²) in [6.45, 7) is 4.70. The standard InChI is InChI=1S/C15H20FN5S/c16-12-4-1-2-5-13(12)21-10-8-20(9-11-21)7-3-6-14-18-19-15(17)22-14/h1-2,4-5H,3,6-11H2,(H2,17,19). The summed E-state index contributed by atoms with van der Waals surface area (Å²) < 4.78 is 13.8. The van der Waals surface area contributed by atoms with Gasteiger partial charge in [-0.15, -0.1) is 10.2 Å². The molecule has 2 heterocycles. The average Bonchev–Trinajstić information content (AvgIpc) is 2.94. The molecule has 1 fully saturated rings. The van der Waals surface area contributed by atoms with Crippen LogP contribution in [0.4, 0.5) is 15.2 Å². The van der Waals surface area contributed by atoms with Crippen molar-refractivity contribution in [1.29, 1.82) is 0 Å². The molecule has 2 aromatic rings. The Morgan fingerprint density at radius 1 is 1.14 bits per heavy atom. The second kappa shape index (κ2) is 7.02. The molecule has 2 N–H and O–H groups in total. The van der Waals surface area contributed by atoms with Gasteiger partial charge in [0.15, 0.2) is 0 Å². The van der Waals surface area contributed by atoms with Gasteiger partial charge < -0.3 is 10.6 Å². The van der Waals surface area contributed by atoms with Crippen molar-refractivity contribution in [2.45, 2.75) is 12.8 Å². The maximum Gasteiger partial charge on any atom is 0.203 e. The summed E-state index contributed by atoms with van der Waals surface area (Å²) in [6.07, 6.45) is 1.97. The number of piperazine rings is 1. The lowest BCUT2D eigenvalue weighted by Gasteiger charge is -2.36. The Kier molecular flexibility index (Phi) is 4.84. The van der Waals surface area contributed by atoms with E-state index in [-0.39, 0.29) is 5.82 Å². The van der Waals surface area contributed by atoms with Gasteiger partial charge in [-0.25, -0.2) is 4.39 Å². The van der Waals surface area contributed by atoms with Gasteiger partial charge >= 0.3 is 0 Å². The number of hydrogen-bond acceptors (Lipinski definition) is 6. The summed E-state index contributed by atoms with van der Waals surface area (Å²) in [6, 6.07) is 6.99. The minimum absolute atomic E-state index is 0.134. The third-order valence-electron chi connectivity index (χ3n) is 3.91. The molecule has 3 rings (SSSR count). The Morgan fingerprint density at radius 2 is 1.91 bits per heavy atom. The molecule has 1 aromatic heterocycles. The van der Waals surface area contributed by atoms with Crippen molar-refractivity contribution in [1.82, 2.24) is 15.1 Å². The molecule has 0 unspecified atom stereocenters. The summed E-state index contributed by atoms with van der Waals surface area (Å²) in [7, 11) is 0. The Labute approximate surface area is 133 Å². The second-order valence-corrected chi connectivity index (χ2v) is 6.51. The summed E-state index contributed by atoms with van der Waals surface area (Å²) >= 11 is 1.46. The minimum Gasteiger partial charge on any atom is -0.374 e. The first-order valence-corrected chi connectivity index (χ1v) is 8.34. The molecule has 0 spiro atoms. The molecule has 7 heteroatoms. The molecule has 0 amide bonds. The number of aryl methyl sites for hydroxylation is 1. The molecule has 0 radical (unpaired) electrons. The number of halogens is 1. The zero-order chi connectivity index (χ0) is 15.4. The van der Waals surface area contributed by atoms with Crippen LogP contribution >= 0.6 is 11.3 Å². The third-order valence-corrected chi connectivity index (χ3v) is 4.73. The number of rotatable bonds is 5. The van der Waals surface area contributed by atoms with Crippen LogP contribution in [0.3, 0.4) is 0 Å². The molecule has 118 valence electrons. The van der Waals surface area contributed by atoms with Gasteiger partial charge in [-0.1, -0.05) is 23.5 Å². The van der Waals surface area contributed by atoms with Crippen molar-refractivity contribution in [2.24, 2.45) is 0 Å². The van der Waals surface area contributed by atoms with Gasteiger partial charge in [-0.2, -0.15) is 0 Å². The van der Waals surface area contributed by atoms with Crippen molar-refractivity contribution in [2.75, 3.05) is 43.4 Å². The Morgan fingerprint density at radius 3 is 2.59 bits per heavy atom. The van der Waals surface area contributed by atoms with E-state index in [0.29, 0.717) is 10.8 Å². The molecule has 1 aliphatic heterocycles. The van der Waals surface area contributed by atoms with Crippen LogP contribution in [0.25, 0.3) is 0 Å². The number of nitrogens with zero attached hydrogens (tertiary/aromatic N) is 4. The molecular weight excluding hydrogens is 301 g/mol. The lowest BCUT2D eigenvalue weighted by Crippen LogP contribution is -2.47. The van der Waals surface area contributed by atoms with E-state index < -0.39 is 0 Å². The van der Waals surface area contributed by atoms with Crippen molar-refractivity contribution in [3.8, 4) is 0 Å². The topological polar surface area (TPSA) is 58.3 Å². The summed E-state index contributed by atoms with van der Waals surface area (Å²) in [5.41, 5.74) is 6.29. The fourth-order valence-electron chi connectivity index (χ4n) is 2.74. The maximum atomic E-state index is 13.8. The molecule has 1 saturated heterocycles. The summed E-state index contributed by atoms with van der Waals surface area (Å²) in [5, 5.41) is 9.40. The monoisotopic (exact) mass is 321 g/mol. The van der Waals surface area contributed by atoms with Gasteiger partial charge in [-0.05, 0) is 25.1 Å². The molecule has 0 aliphatic carbocycles. The first-order valence-electron chi connectivity index (χ1n) is 7.52. The highest BCUT2D eigenvalue weighted by molar-refractivity contribution is 7.15. The van der Waals surface area contributed by atoms with Crippen LogP contribution in [-0.4, -0.2) is 47.8 Å². The van der Waals surface area contributed by atoms with Crippen molar-refractivity contribution >= 4 is 22.2 Å². The number of anilines is 2. The Hall–Kier alpha value is -1.73.